The minimum Gasteiger partial charge on any atom is -0.482 e. The van der Waals surface area contributed by atoms with Gasteiger partial charge < -0.3 is 9.57 Å². The van der Waals surface area contributed by atoms with Crippen molar-refractivity contribution >= 4 is 39.4 Å². The van der Waals surface area contributed by atoms with Crippen molar-refractivity contribution in [3.05, 3.63) is 63.1 Å². The fraction of sp³-hybridized carbons (Fsp3) is 0.125. The number of carbonyl (C=O) groups is 2. The van der Waals surface area contributed by atoms with Gasteiger partial charge in [0.15, 0.2) is 6.61 Å². The van der Waals surface area contributed by atoms with E-state index in [0.717, 1.165) is 10.0 Å². The highest BCUT2D eigenvalue weighted by molar-refractivity contribution is 9.10. The summed E-state index contributed by atoms with van der Waals surface area (Å²) >= 11 is 9.10. The van der Waals surface area contributed by atoms with Crippen LogP contribution in [0.3, 0.4) is 0 Å². The highest BCUT2D eigenvalue weighted by Gasteiger charge is 2.10. The summed E-state index contributed by atoms with van der Waals surface area (Å²) in [6.07, 6.45) is 0. The number of rotatable bonds is 4. The molecule has 5 nitrogen and oxygen atoms in total. The van der Waals surface area contributed by atoms with Gasteiger partial charge in [0, 0.05) is 15.1 Å². The predicted molar refractivity (Wildman–Crippen MR) is 89.4 cm³/mol. The fourth-order valence-corrected chi connectivity index (χ4v) is 2.01. The molecule has 2 rings (SSSR count). The predicted octanol–water partition coefficient (Wildman–Crippen LogP) is 3.68. The summed E-state index contributed by atoms with van der Waals surface area (Å²) in [6.45, 7) is 1.59. The number of hydrogen-bond donors (Lipinski definition) is 1. The van der Waals surface area contributed by atoms with Crippen LogP contribution in [-0.2, 0) is 9.63 Å². The van der Waals surface area contributed by atoms with E-state index >= 15 is 0 Å². The highest BCUT2D eigenvalue weighted by Crippen LogP contribution is 2.21. The summed E-state index contributed by atoms with van der Waals surface area (Å²) in [5.74, 6) is -0.728. The molecule has 0 heterocycles. The van der Waals surface area contributed by atoms with Crippen LogP contribution in [-0.4, -0.2) is 18.5 Å². The lowest BCUT2D eigenvalue weighted by molar-refractivity contribution is -0.151. The number of ether oxygens (including phenoxy) is 1. The van der Waals surface area contributed by atoms with Gasteiger partial charge in [-0.2, -0.15) is 5.48 Å². The molecule has 23 heavy (non-hydrogen) atoms. The normalized spacial score (nSPS) is 10.0. The second-order valence-corrected chi connectivity index (χ2v) is 5.90. The van der Waals surface area contributed by atoms with E-state index in [2.05, 4.69) is 26.2 Å². The van der Waals surface area contributed by atoms with Gasteiger partial charge in [-0.1, -0.05) is 27.5 Å². The molecule has 2 aromatic rings. The molecule has 0 bridgehead atoms. The van der Waals surface area contributed by atoms with E-state index in [0.29, 0.717) is 16.3 Å². The maximum atomic E-state index is 11.7. The zero-order valence-electron chi connectivity index (χ0n) is 12.1. The molecule has 0 aliphatic rings. The quantitative estimate of drug-likeness (QED) is 0.798. The Balaban J connectivity index is 1.79. The van der Waals surface area contributed by atoms with Crippen LogP contribution in [0.25, 0.3) is 0 Å². The summed E-state index contributed by atoms with van der Waals surface area (Å²) in [4.78, 5) is 28.0. The lowest BCUT2D eigenvalue weighted by Crippen LogP contribution is -2.29. The van der Waals surface area contributed by atoms with Crippen molar-refractivity contribution in [2.24, 2.45) is 0 Å². The molecule has 120 valence electrons. The molecule has 7 heteroatoms. The van der Waals surface area contributed by atoms with Crippen molar-refractivity contribution in [2.45, 2.75) is 6.92 Å². The van der Waals surface area contributed by atoms with Crippen LogP contribution in [0.5, 0.6) is 5.75 Å². The van der Waals surface area contributed by atoms with E-state index in [-0.39, 0.29) is 6.61 Å². The summed E-state index contributed by atoms with van der Waals surface area (Å²) < 4.78 is 6.24. The van der Waals surface area contributed by atoms with Crippen LogP contribution >= 0.6 is 27.5 Å². The van der Waals surface area contributed by atoms with E-state index < -0.39 is 11.9 Å². The van der Waals surface area contributed by atoms with E-state index in [1.54, 1.807) is 24.3 Å². The topological polar surface area (TPSA) is 64.6 Å². The van der Waals surface area contributed by atoms with E-state index in [1.807, 2.05) is 13.0 Å². The third-order valence-corrected chi connectivity index (χ3v) is 3.99. The Kier molecular flexibility index (Phi) is 6.01. The molecule has 1 N–H and O–H groups in total. The molecule has 2 aromatic carbocycles. The minimum absolute atomic E-state index is 0.317. The molecule has 0 spiro atoms. The fourth-order valence-electron chi connectivity index (χ4n) is 1.64. The first-order chi connectivity index (χ1) is 11.0. The van der Waals surface area contributed by atoms with E-state index in [9.17, 15) is 9.59 Å². The maximum absolute atomic E-state index is 11.7. The van der Waals surface area contributed by atoms with Gasteiger partial charge in [-0.05, 0) is 55.0 Å². The van der Waals surface area contributed by atoms with Crippen LogP contribution in [0.1, 0.15) is 15.9 Å². The van der Waals surface area contributed by atoms with E-state index in [1.165, 1.54) is 12.1 Å². The average molecular weight is 399 g/mol. The Morgan fingerprint density at radius 2 is 1.87 bits per heavy atom. The number of halogens is 2. The summed E-state index contributed by atoms with van der Waals surface area (Å²) in [6, 6.07) is 11.5. The van der Waals surface area contributed by atoms with Crippen LogP contribution in [0.15, 0.2) is 46.9 Å². The maximum Gasteiger partial charge on any atom is 0.369 e. The summed E-state index contributed by atoms with van der Waals surface area (Å²) in [7, 11) is 0. The molecule has 0 saturated carbocycles. The summed E-state index contributed by atoms with van der Waals surface area (Å²) in [5.41, 5.74) is 3.36. The third kappa shape index (κ3) is 5.26. The Morgan fingerprint density at radius 1 is 1.17 bits per heavy atom. The second-order valence-electron chi connectivity index (χ2n) is 4.61. The SMILES string of the molecule is Cc1cc(OCC(=O)ONC(=O)c2ccc(Cl)cc2)ccc1Br. The third-order valence-electron chi connectivity index (χ3n) is 2.85. The smallest absolute Gasteiger partial charge is 0.369 e. The monoisotopic (exact) mass is 397 g/mol. The largest absolute Gasteiger partial charge is 0.482 e. The molecule has 0 atom stereocenters. The lowest BCUT2D eigenvalue weighted by Gasteiger charge is -2.08. The Hall–Kier alpha value is -2.05. The number of benzene rings is 2. The van der Waals surface area contributed by atoms with Gasteiger partial charge in [0.1, 0.15) is 5.75 Å². The van der Waals surface area contributed by atoms with Crippen LogP contribution in [0.4, 0.5) is 0 Å². The van der Waals surface area contributed by atoms with E-state index in [4.69, 9.17) is 16.3 Å². The average Bonchev–Trinajstić information content (AvgIpc) is 2.54. The first-order valence-corrected chi connectivity index (χ1v) is 7.77. The van der Waals surface area contributed by atoms with Crippen molar-refractivity contribution in [3.8, 4) is 5.75 Å². The second kappa shape index (κ2) is 7.99. The molecule has 0 aromatic heterocycles. The van der Waals surface area contributed by atoms with Crippen molar-refractivity contribution < 1.29 is 19.2 Å². The van der Waals surface area contributed by atoms with Gasteiger partial charge in [0.2, 0.25) is 0 Å². The van der Waals surface area contributed by atoms with Crippen LogP contribution < -0.4 is 10.2 Å². The first-order valence-electron chi connectivity index (χ1n) is 6.60. The van der Waals surface area contributed by atoms with Gasteiger partial charge in [0.05, 0.1) is 0 Å². The lowest BCUT2D eigenvalue weighted by atomic mass is 10.2. The van der Waals surface area contributed by atoms with Crippen molar-refractivity contribution in [3.63, 3.8) is 0 Å². The Labute approximate surface area is 146 Å². The standard InChI is InChI=1S/C16H13BrClNO4/c1-10-8-13(6-7-14(10)17)22-9-15(20)23-19-16(21)11-2-4-12(18)5-3-11/h2-8H,9H2,1H3,(H,19,21). The molecule has 0 saturated heterocycles. The molecule has 0 radical (unpaired) electrons. The number of nitrogens with one attached hydrogen (secondary N) is 1. The molecule has 0 fully saturated rings. The zero-order chi connectivity index (χ0) is 16.8. The van der Waals surface area contributed by atoms with Gasteiger partial charge in [-0.15, -0.1) is 0 Å². The van der Waals surface area contributed by atoms with Crippen molar-refractivity contribution in [2.75, 3.05) is 6.61 Å². The van der Waals surface area contributed by atoms with Crippen LogP contribution in [0.2, 0.25) is 5.02 Å². The van der Waals surface area contributed by atoms with Gasteiger partial charge in [-0.25, -0.2) is 4.79 Å². The van der Waals surface area contributed by atoms with Gasteiger partial charge >= 0.3 is 5.97 Å². The molecule has 0 aliphatic carbocycles. The minimum atomic E-state index is -0.715. The molecule has 0 unspecified atom stereocenters. The van der Waals surface area contributed by atoms with Crippen molar-refractivity contribution in [1.29, 1.82) is 0 Å². The molecular weight excluding hydrogens is 386 g/mol. The van der Waals surface area contributed by atoms with Gasteiger partial charge in [0.25, 0.3) is 5.91 Å². The molecule has 0 aliphatic heterocycles. The van der Waals surface area contributed by atoms with Crippen LogP contribution in [0, 0.1) is 6.92 Å². The zero-order valence-corrected chi connectivity index (χ0v) is 14.5. The first kappa shape index (κ1) is 17.3. The number of hydroxylamine groups is 1. The molecule has 1 amide bonds. The number of hydrogen-bond acceptors (Lipinski definition) is 4. The Bertz CT molecular complexity index is 719. The molecular formula is C16H13BrClNO4. The summed E-state index contributed by atoms with van der Waals surface area (Å²) in [5, 5.41) is 0.511. The number of aryl methyl sites for hydroxylation is 1. The van der Waals surface area contributed by atoms with Gasteiger partial charge in [-0.3, -0.25) is 4.79 Å². The number of amides is 1. The number of carbonyl (C=O) groups excluding carboxylic acids is 2. The van der Waals surface area contributed by atoms with Crippen molar-refractivity contribution in [1.82, 2.24) is 5.48 Å². The Morgan fingerprint density at radius 3 is 2.52 bits per heavy atom. The highest BCUT2D eigenvalue weighted by atomic mass is 79.9.